The fraction of sp³-hybridized carbons (Fsp3) is 0.462. The Morgan fingerprint density at radius 3 is 2.50 bits per heavy atom. The Morgan fingerprint density at radius 1 is 1.31 bits per heavy atom. The molecule has 16 heavy (non-hydrogen) atoms. The lowest BCUT2D eigenvalue weighted by Crippen LogP contribution is -2.37. The van der Waals surface area contributed by atoms with E-state index in [1.54, 1.807) is 0 Å². The topological polar surface area (TPSA) is 41.1 Å². The predicted octanol–water partition coefficient (Wildman–Crippen LogP) is 2.77. The van der Waals surface area contributed by atoms with E-state index in [-0.39, 0.29) is 12.1 Å². The van der Waals surface area contributed by atoms with Crippen molar-refractivity contribution in [3.63, 3.8) is 0 Å². The van der Waals surface area contributed by atoms with Gasteiger partial charge in [-0.3, -0.25) is 0 Å². The Bertz CT molecular complexity index is 332. The molecular weight excluding hydrogens is 200 g/mol. The van der Waals surface area contributed by atoms with E-state index in [4.69, 9.17) is 0 Å². The van der Waals surface area contributed by atoms with Crippen molar-refractivity contribution in [3.05, 3.63) is 35.4 Å². The van der Waals surface area contributed by atoms with Crippen LogP contribution < -0.4 is 10.6 Å². The van der Waals surface area contributed by atoms with E-state index in [0.29, 0.717) is 6.54 Å². The van der Waals surface area contributed by atoms with E-state index < -0.39 is 0 Å². The Balaban J connectivity index is 2.48. The molecule has 1 aromatic rings. The molecule has 0 saturated carbocycles. The molecule has 1 aromatic carbocycles. The van der Waals surface area contributed by atoms with Gasteiger partial charge in [0.15, 0.2) is 0 Å². The van der Waals surface area contributed by atoms with E-state index in [1.807, 2.05) is 26.0 Å². The molecule has 1 atom stereocenters. The summed E-state index contributed by atoms with van der Waals surface area (Å²) in [4.78, 5) is 11.4. The first-order valence-corrected chi connectivity index (χ1v) is 5.74. The van der Waals surface area contributed by atoms with E-state index in [2.05, 4.69) is 29.7 Å². The zero-order valence-electron chi connectivity index (χ0n) is 10.2. The summed E-state index contributed by atoms with van der Waals surface area (Å²) in [6.45, 7) is 6.78. The van der Waals surface area contributed by atoms with Gasteiger partial charge in [0.1, 0.15) is 0 Å². The molecule has 0 aromatic heterocycles. The Hall–Kier alpha value is -1.51. The zero-order valence-corrected chi connectivity index (χ0v) is 10.2. The maximum absolute atomic E-state index is 11.4. The Morgan fingerprint density at radius 2 is 1.94 bits per heavy atom. The minimum absolute atomic E-state index is 0.0393. The van der Waals surface area contributed by atoms with E-state index in [9.17, 15) is 4.79 Å². The number of hydrogen-bond acceptors (Lipinski definition) is 1. The summed E-state index contributed by atoms with van der Waals surface area (Å²) in [5.41, 5.74) is 2.35. The molecule has 0 saturated heterocycles. The van der Waals surface area contributed by atoms with Gasteiger partial charge >= 0.3 is 6.03 Å². The number of nitrogens with one attached hydrogen (secondary N) is 2. The first-order valence-electron chi connectivity index (χ1n) is 5.74. The highest BCUT2D eigenvalue weighted by molar-refractivity contribution is 5.74. The number of amides is 2. The lowest BCUT2D eigenvalue weighted by atomic mass is 10.1. The largest absolute Gasteiger partial charge is 0.338 e. The lowest BCUT2D eigenvalue weighted by molar-refractivity contribution is 0.238. The quantitative estimate of drug-likeness (QED) is 0.805. The normalized spacial score (nSPS) is 11.9. The third-order valence-electron chi connectivity index (χ3n) is 2.46. The second kappa shape index (κ2) is 6.16. The lowest BCUT2D eigenvalue weighted by Gasteiger charge is -2.15. The summed E-state index contributed by atoms with van der Waals surface area (Å²) in [6, 6.07) is 8.13. The summed E-state index contributed by atoms with van der Waals surface area (Å²) in [7, 11) is 0. The number of hydrogen-bond donors (Lipinski definition) is 2. The van der Waals surface area contributed by atoms with Crippen molar-refractivity contribution in [1.29, 1.82) is 0 Å². The highest BCUT2D eigenvalue weighted by atomic mass is 16.2. The highest BCUT2D eigenvalue weighted by Gasteiger charge is 2.07. The van der Waals surface area contributed by atoms with Gasteiger partial charge in [-0.05, 0) is 25.8 Å². The van der Waals surface area contributed by atoms with Crippen molar-refractivity contribution in [3.8, 4) is 0 Å². The van der Waals surface area contributed by atoms with Crippen LogP contribution in [0.25, 0.3) is 0 Å². The molecule has 2 amide bonds. The Kier molecular flexibility index (Phi) is 4.83. The molecule has 0 fully saturated rings. The third kappa shape index (κ3) is 3.93. The second-order valence-corrected chi connectivity index (χ2v) is 4.03. The Labute approximate surface area is 97.2 Å². The van der Waals surface area contributed by atoms with Gasteiger partial charge < -0.3 is 10.6 Å². The van der Waals surface area contributed by atoms with Crippen LogP contribution in [0, 0.1) is 6.92 Å². The molecule has 0 bridgehead atoms. The summed E-state index contributed by atoms with van der Waals surface area (Å²) in [5, 5.41) is 5.69. The van der Waals surface area contributed by atoms with Crippen molar-refractivity contribution in [1.82, 2.24) is 10.6 Å². The average Bonchev–Trinajstić information content (AvgIpc) is 2.27. The molecular formula is C13H20N2O. The fourth-order valence-corrected chi connectivity index (χ4v) is 1.42. The summed E-state index contributed by atoms with van der Waals surface area (Å²) >= 11 is 0. The number of urea groups is 1. The number of carbonyl (C=O) groups is 1. The SMILES string of the molecule is CCCNC(=O)N[C@H](C)c1ccc(C)cc1. The minimum Gasteiger partial charge on any atom is -0.338 e. The number of rotatable bonds is 4. The molecule has 0 aliphatic heterocycles. The van der Waals surface area contributed by atoms with Gasteiger partial charge in [0.05, 0.1) is 6.04 Å². The summed E-state index contributed by atoms with van der Waals surface area (Å²) in [5.74, 6) is 0. The molecule has 0 spiro atoms. The molecule has 0 aliphatic rings. The maximum atomic E-state index is 11.4. The first kappa shape index (κ1) is 12.6. The van der Waals surface area contributed by atoms with Crippen LogP contribution in [0.1, 0.15) is 37.4 Å². The molecule has 88 valence electrons. The van der Waals surface area contributed by atoms with Crippen molar-refractivity contribution in [2.24, 2.45) is 0 Å². The average molecular weight is 220 g/mol. The monoisotopic (exact) mass is 220 g/mol. The van der Waals surface area contributed by atoms with Crippen LogP contribution in [0.4, 0.5) is 4.79 Å². The van der Waals surface area contributed by atoms with Gasteiger partial charge in [-0.2, -0.15) is 0 Å². The number of aryl methyl sites for hydroxylation is 1. The van der Waals surface area contributed by atoms with Gasteiger partial charge in [0.2, 0.25) is 0 Å². The van der Waals surface area contributed by atoms with Crippen LogP contribution in [0.3, 0.4) is 0 Å². The minimum atomic E-state index is -0.102. The third-order valence-corrected chi connectivity index (χ3v) is 2.46. The van der Waals surface area contributed by atoms with Crippen LogP contribution >= 0.6 is 0 Å². The molecule has 0 aliphatic carbocycles. The van der Waals surface area contributed by atoms with E-state index >= 15 is 0 Å². The summed E-state index contributed by atoms with van der Waals surface area (Å²) in [6.07, 6.45) is 0.951. The van der Waals surface area contributed by atoms with Crippen LogP contribution in [-0.4, -0.2) is 12.6 Å². The van der Waals surface area contributed by atoms with Crippen LogP contribution in [0.15, 0.2) is 24.3 Å². The van der Waals surface area contributed by atoms with Gasteiger partial charge in [-0.1, -0.05) is 36.8 Å². The van der Waals surface area contributed by atoms with Gasteiger partial charge in [0, 0.05) is 6.54 Å². The highest BCUT2D eigenvalue weighted by Crippen LogP contribution is 2.12. The smallest absolute Gasteiger partial charge is 0.315 e. The number of carbonyl (C=O) groups excluding carboxylic acids is 1. The van der Waals surface area contributed by atoms with Gasteiger partial charge in [-0.25, -0.2) is 4.79 Å². The van der Waals surface area contributed by atoms with Gasteiger partial charge in [0.25, 0.3) is 0 Å². The van der Waals surface area contributed by atoms with Crippen LogP contribution in [0.2, 0.25) is 0 Å². The predicted molar refractivity (Wildman–Crippen MR) is 66.4 cm³/mol. The molecule has 0 unspecified atom stereocenters. The summed E-state index contributed by atoms with van der Waals surface area (Å²) < 4.78 is 0. The number of benzene rings is 1. The van der Waals surface area contributed by atoms with Crippen molar-refractivity contribution in [2.75, 3.05) is 6.54 Å². The van der Waals surface area contributed by atoms with E-state index in [1.165, 1.54) is 5.56 Å². The van der Waals surface area contributed by atoms with Crippen molar-refractivity contribution in [2.45, 2.75) is 33.2 Å². The fourth-order valence-electron chi connectivity index (χ4n) is 1.42. The van der Waals surface area contributed by atoms with Crippen LogP contribution in [0.5, 0.6) is 0 Å². The standard InChI is InChI=1S/C13H20N2O/c1-4-9-14-13(16)15-11(3)12-7-5-10(2)6-8-12/h5-8,11H,4,9H2,1-3H3,(H2,14,15,16)/t11-/m1/s1. The molecule has 3 nitrogen and oxygen atoms in total. The van der Waals surface area contributed by atoms with Crippen molar-refractivity contribution < 1.29 is 4.79 Å². The maximum Gasteiger partial charge on any atom is 0.315 e. The molecule has 2 N–H and O–H groups in total. The van der Waals surface area contributed by atoms with Gasteiger partial charge in [-0.15, -0.1) is 0 Å². The first-order chi connectivity index (χ1) is 7.63. The van der Waals surface area contributed by atoms with Crippen LogP contribution in [-0.2, 0) is 0 Å². The van der Waals surface area contributed by atoms with E-state index in [0.717, 1.165) is 12.0 Å². The molecule has 3 heteroatoms. The molecule has 0 radical (unpaired) electrons. The zero-order chi connectivity index (χ0) is 12.0. The van der Waals surface area contributed by atoms with Crippen molar-refractivity contribution >= 4 is 6.03 Å². The molecule has 1 rings (SSSR count). The molecule has 0 heterocycles. The second-order valence-electron chi connectivity index (χ2n) is 4.03.